The Hall–Kier alpha value is -1.39. The smallest absolute Gasteiger partial charge is 0.242 e. The van der Waals surface area contributed by atoms with Crippen molar-refractivity contribution in [3.63, 3.8) is 0 Å². The highest BCUT2D eigenvalue weighted by Crippen LogP contribution is 2.42. The average Bonchev–Trinajstić information content (AvgIpc) is 3.32. The van der Waals surface area contributed by atoms with Gasteiger partial charge in [-0.05, 0) is 43.1 Å². The summed E-state index contributed by atoms with van der Waals surface area (Å²) in [4.78, 5) is 14.8. The van der Waals surface area contributed by atoms with E-state index in [1.165, 1.54) is 12.0 Å². The molecule has 0 bridgehead atoms. The van der Waals surface area contributed by atoms with Crippen LogP contribution in [-0.4, -0.2) is 42.0 Å². The quantitative estimate of drug-likeness (QED) is 0.853. The van der Waals surface area contributed by atoms with Crippen LogP contribution in [0.5, 0.6) is 0 Å². The van der Waals surface area contributed by atoms with E-state index in [1.54, 1.807) is 0 Å². The van der Waals surface area contributed by atoms with E-state index in [4.69, 9.17) is 5.73 Å². The van der Waals surface area contributed by atoms with Crippen molar-refractivity contribution in [3.05, 3.63) is 35.9 Å². The molecule has 3 fully saturated rings. The summed E-state index contributed by atoms with van der Waals surface area (Å²) >= 11 is 0. The molecule has 0 radical (unpaired) electrons. The summed E-state index contributed by atoms with van der Waals surface area (Å²) in [5.41, 5.74) is 7.56. The molecule has 2 aliphatic carbocycles. The fraction of sp³-hybridized carbons (Fsp3) is 0.682. The average molecular weight is 356 g/mol. The summed E-state index contributed by atoms with van der Waals surface area (Å²) in [5.74, 6) is 0.886. The minimum atomic E-state index is -0.567. The molecule has 3 N–H and O–H groups in total. The van der Waals surface area contributed by atoms with E-state index in [1.807, 2.05) is 4.90 Å². The highest BCUT2D eigenvalue weighted by Gasteiger charge is 2.43. The van der Waals surface area contributed by atoms with Gasteiger partial charge >= 0.3 is 0 Å². The number of hydrogen-bond acceptors (Lipinski definition) is 3. The number of carbonyl (C=O) groups is 1. The Morgan fingerprint density at radius 1 is 1.15 bits per heavy atom. The van der Waals surface area contributed by atoms with Gasteiger partial charge in [0, 0.05) is 31.6 Å². The second kappa shape index (κ2) is 6.97. The Balaban J connectivity index is 1.24. The van der Waals surface area contributed by atoms with Crippen LogP contribution in [0.2, 0.25) is 0 Å². The number of benzene rings is 1. The Labute approximate surface area is 157 Å². The van der Waals surface area contributed by atoms with Crippen LogP contribution in [0.25, 0.3) is 0 Å². The van der Waals surface area contributed by atoms with Crippen molar-refractivity contribution in [1.82, 2.24) is 10.2 Å². The molecule has 1 heterocycles. The lowest BCUT2D eigenvalue weighted by Crippen LogP contribution is -2.56. The zero-order valence-corrected chi connectivity index (χ0v) is 16.0. The molecule has 1 amide bonds. The van der Waals surface area contributed by atoms with Crippen LogP contribution < -0.4 is 11.1 Å². The summed E-state index contributed by atoms with van der Waals surface area (Å²) in [7, 11) is 0. The van der Waals surface area contributed by atoms with Gasteiger partial charge in [0.2, 0.25) is 5.91 Å². The van der Waals surface area contributed by atoms with E-state index in [-0.39, 0.29) is 11.3 Å². The molecule has 4 rings (SSSR count). The van der Waals surface area contributed by atoms with Gasteiger partial charge in [-0.1, -0.05) is 50.1 Å². The van der Waals surface area contributed by atoms with Gasteiger partial charge in [-0.15, -0.1) is 0 Å². The van der Waals surface area contributed by atoms with Gasteiger partial charge in [0.05, 0.1) is 5.54 Å². The third-order valence-electron chi connectivity index (χ3n) is 6.99. The predicted molar refractivity (Wildman–Crippen MR) is 105 cm³/mol. The predicted octanol–water partition coefficient (Wildman–Crippen LogP) is 3.03. The molecule has 0 unspecified atom stereocenters. The molecular weight excluding hydrogens is 322 g/mol. The van der Waals surface area contributed by atoms with Crippen molar-refractivity contribution < 1.29 is 4.79 Å². The van der Waals surface area contributed by atoms with Crippen LogP contribution in [0.4, 0.5) is 0 Å². The summed E-state index contributed by atoms with van der Waals surface area (Å²) in [6.45, 7) is 5.15. The fourth-order valence-electron chi connectivity index (χ4n) is 4.83. The SMILES string of the molecule is CC1(CN[C@@H]2C[C@@H]2c2ccccc2)CCN(C(=O)C2(N)CCCC2)CC1. The van der Waals surface area contributed by atoms with Crippen molar-refractivity contribution in [1.29, 1.82) is 0 Å². The molecule has 0 spiro atoms. The zero-order chi connectivity index (χ0) is 18.2. The maximum absolute atomic E-state index is 12.8. The lowest BCUT2D eigenvalue weighted by atomic mass is 9.79. The molecule has 2 saturated carbocycles. The van der Waals surface area contributed by atoms with E-state index in [9.17, 15) is 4.79 Å². The molecule has 1 aliphatic heterocycles. The van der Waals surface area contributed by atoms with Crippen LogP contribution in [0.3, 0.4) is 0 Å². The van der Waals surface area contributed by atoms with Crippen molar-refractivity contribution >= 4 is 5.91 Å². The Kier molecular flexibility index (Phi) is 4.83. The van der Waals surface area contributed by atoms with Gasteiger partial charge in [0.15, 0.2) is 0 Å². The molecular formula is C22H33N3O. The lowest BCUT2D eigenvalue weighted by Gasteiger charge is -2.42. The number of hydrogen-bond donors (Lipinski definition) is 2. The first-order chi connectivity index (χ1) is 12.5. The molecule has 1 aromatic carbocycles. The maximum Gasteiger partial charge on any atom is 0.242 e. The number of nitrogens with one attached hydrogen (secondary N) is 1. The molecule has 1 aromatic rings. The third-order valence-corrected chi connectivity index (χ3v) is 6.99. The number of nitrogens with zero attached hydrogens (tertiary/aromatic N) is 1. The minimum Gasteiger partial charge on any atom is -0.341 e. The summed E-state index contributed by atoms with van der Waals surface area (Å²) in [5, 5.41) is 3.79. The number of likely N-dealkylation sites (tertiary alicyclic amines) is 1. The van der Waals surface area contributed by atoms with Crippen LogP contribution in [0.15, 0.2) is 30.3 Å². The molecule has 2 atom stereocenters. The molecule has 142 valence electrons. The van der Waals surface area contributed by atoms with E-state index >= 15 is 0 Å². The van der Waals surface area contributed by atoms with E-state index < -0.39 is 5.54 Å². The summed E-state index contributed by atoms with van der Waals surface area (Å²) < 4.78 is 0. The van der Waals surface area contributed by atoms with Gasteiger partial charge in [-0.2, -0.15) is 0 Å². The monoisotopic (exact) mass is 355 g/mol. The van der Waals surface area contributed by atoms with Crippen molar-refractivity contribution in [2.45, 2.75) is 69.4 Å². The summed E-state index contributed by atoms with van der Waals surface area (Å²) in [6, 6.07) is 11.5. The van der Waals surface area contributed by atoms with E-state index in [2.05, 4.69) is 42.6 Å². The summed E-state index contributed by atoms with van der Waals surface area (Å²) in [6.07, 6.45) is 7.33. The molecule has 4 heteroatoms. The third kappa shape index (κ3) is 3.67. The van der Waals surface area contributed by atoms with Gasteiger partial charge in [0.1, 0.15) is 0 Å². The Morgan fingerprint density at radius 3 is 2.46 bits per heavy atom. The number of rotatable bonds is 5. The lowest BCUT2D eigenvalue weighted by molar-refractivity contribution is -0.139. The van der Waals surface area contributed by atoms with Gasteiger partial charge in [0.25, 0.3) is 0 Å². The standard InChI is InChI=1S/C22H33N3O/c1-21(16-24-19-15-18(19)17-7-3-2-4-8-17)11-13-25(14-12-21)20(26)22(23)9-5-6-10-22/h2-4,7-8,18-19,24H,5-6,9-16,23H2,1H3/t18-,19-/m1/s1. The Bertz CT molecular complexity index is 630. The van der Waals surface area contributed by atoms with Crippen LogP contribution >= 0.6 is 0 Å². The molecule has 26 heavy (non-hydrogen) atoms. The normalized spacial score (nSPS) is 29.5. The highest BCUT2D eigenvalue weighted by molar-refractivity contribution is 5.86. The van der Waals surface area contributed by atoms with E-state index in [0.717, 1.165) is 58.2 Å². The maximum atomic E-state index is 12.8. The van der Waals surface area contributed by atoms with E-state index in [0.29, 0.717) is 12.0 Å². The number of carbonyl (C=O) groups excluding carboxylic acids is 1. The first kappa shape index (κ1) is 18.0. The van der Waals surface area contributed by atoms with Gasteiger partial charge in [-0.3, -0.25) is 4.79 Å². The van der Waals surface area contributed by atoms with Gasteiger partial charge in [-0.25, -0.2) is 0 Å². The highest BCUT2D eigenvalue weighted by atomic mass is 16.2. The van der Waals surface area contributed by atoms with Crippen molar-refractivity contribution in [3.8, 4) is 0 Å². The molecule has 1 saturated heterocycles. The first-order valence-electron chi connectivity index (χ1n) is 10.4. The first-order valence-corrected chi connectivity index (χ1v) is 10.4. The van der Waals surface area contributed by atoms with Gasteiger partial charge < -0.3 is 16.0 Å². The topological polar surface area (TPSA) is 58.4 Å². The molecule has 4 nitrogen and oxygen atoms in total. The van der Waals surface area contributed by atoms with Crippen molar-refractivity contribution in [2.75, 3.05) is 19.6 Å². The molecule has 0 aromatic heterocycles. The number of amides is 1. The van der Waals surface area contributed by atoms with Crippen LogP contribution in [-0.2, 0) is 4.79 Å². The zero-order valence-electron chi connectivity index (χ0n) is 16.0. The van der Waals surface area contributed by atoms with Crippen LogP contribution in [0.1, 0.15) is 63.4 Å². The minimum absolute atomic E-state index is 0.205. The second-order valence-corrected chi connectivity index (χ2v) is 9.21. The number of nitrogens with two attached hydrogens (primary N) is 1. The largest absolute Gasteiger partial charge is 0.341 e. The number of piperidine rings is 1. The Morgan fingerprint density at radius 2 is 1.81 bits per heavy atom. The van der Waals surface area contributed by atoms with Crippen molar-refractivity contribution in [2.24, 2.45) is 11.1 Å². The second-order valence-electron chi connectivity index (χ2n) is 9.21. The molecule has 3 aliphatic rings. The van der Waals surface area contributed by atoms with Crippen LogP contribution in [0, 0.1) is 5.41 Å². The fourth-order valence-corrected chi connectivity index (χ4v) is 4.83.